The molecule has 0 saturated heterocycles. The second-order valence-corrected chi connectivity index (χ2v) is 7.66. The van der Waals surface area contributed by atoms with Gasteiger partial charge in [0, 0.05) is 29.6 Å². The summed E-state index contributed by atoms with van der Waals surface area (Å²) >= 11 is 3.56. The first kappa shape index (κ1) is 19.3. The standard InChI is InChI=1S/C19H21BrN8O/c1-4-8-21-18(29)11(2)23-19-24-15-13(6-5-7-14(15)20)17-25-16(26-28(17)19)12-9-22-27(3)10-12/h5-7,9-11H,4,8H2,1-3H3,(H,21,29)(H,23,24)/t11-/m1/s1. The van der Waals surface area contributed by atoms with E-state index in [-0.39, 0.29) is 5.91 Å². The number of halogens is 1. The number of hydrogen-bond donors (Lipinski definition) is 2. The fourth-order valence-electron chi connectivity index (χ4n) is 3.01. The smallest absolute Gasteiger partial charge is 0.242 e. The number of para-hydroxylation sites is 1. The van der Waals surface area contributed by atoms with Crippen molar-refractivity contribution >= 4 is 44.3 Å². The van der Waals surface area contributed by atoms with Gasteiger partial charge in [-0.25, -0.2) is 9.97 Å². The van der Waals surface area contributed by atoms with Gasteiger partial charge in [0.1, 0.15) is 6.04 Å². The van der Waals surface area contributed by atoms with Gasteiger partial charge in [-0.15, -0.1) is 5.10 Å². The van der Waals surface area contributed by atoms with Crippen molar-refractivity contribution in [1.82, 2.24) is 34.7 Å². The molecule has 0 radical (unpaired) electrons. The van der Waals surface area contributed by atoms with E-state index in [0.29, 0.717) is 24.0 Å². The Morgan fingerprint density at radius 2 is 2.14 bits per heavy atom. The molecule has 0 aliphatic rings. The summed E-state index contributed by atoms with van der Waals surface area (Å²) in [6.45, 7) is 4.44. The van der Waals surface area contributed by atoms with Gasteiger partial charge in [0.2, 0.25) is 11.9 Å². The number of carbonyl (C=O) groups excluding carboxylic acids is 1. The molecule has 4 aromatic rings. The molecule has 4 rings (SSSR count). The third-order valence-electron chi connectivity index (χ3n) is 4.50. The molecule has 0 aliphatic heterocycles. The first-order chi connectivity index (χ1) is 14.0. The van der Waals surface area contributed by atoms with Crippen LogP contribution in [-0.2, 0) is 11.8 Å². The normalized spacial score (nSPS) is 12.4. The highest BCUT2D eigenvalue weighted by molar-refractivity contribution is 9.10. The van der Waals surface area contributed by atoms with E-state index in [0.717, 1.165) is 27.4 Å². The van der Waals surface area contributed by atoms with Crippen LogP contribution in [0.2, 0.25) is 0 Å². The Balaban J connectivity index is 1.84. The van der Waals surface area contributed by atoms with E-state index in [9.17, 15) is 4.79 Å². The minimum atomic E-state index is -0.483. The third-order valence-corrected chi connectivity index (χ3v) is 5.14. The Morgan fingerprint density at radius 3 is 2.86 bits per heavy atom. The summed E-state index contributed by atoms with van der Waals surface area (Å²) < 4.78 is 4.18. The highest BCUT2D eigenvalue weighted by atomic mass is 79.9. The lowest BCUT2D eigenvalue weighted by atomic mass is 10.2. The van der Waals surface area contributed by atoms with Crippen LogP contribution < -0.4 is 10.6 Å². The van der Waals surface area contributed by atoms with Crippen molar-refractivity contribution < 1.29 is 4.79 Å². The molecule has 0 fully saturated rings. The van der Waals surface area contributed by atoms with Crippen LogP contribution in [0.3, 0.4) is 0 Å². The molecule has 0 aliphatic carbocycles. The molecular formula is C19H21BrN8O. The number of hydrogen-bond acceptors (Lipinski definition) is 6. The second-order valence-electron chi connectivity index (χ2n) is 6.80. The molecular weight excluding hydrogens is 436 g/mol. The van der Waals surface area contributed by atoms with Crippen molar-refractivity contribution in [2.75, 3.05) is 11.9 Å². The predicted molar refractivity (Wildman–Crippen MR) is 115 cm³/mol. The summed E-state index contributed by atoms with van der Waals surface area (Å²) in [6.07, 6.45) is 4.45. The number of fused-ring (bicyclic) bond motifs is 3. The molecule has 1 aromatic carbocycles. The first-order valence-electron chi connectivity index (χ1n) is 9.36. The number of aromatic nitrogens is 6. The number of nitrogens with one attached hydrogen (secondary N) is 2. The summed E-state index contributed by atoms with van der Waals surface area (Å²) in [5.74, 6) is 0.890. The molecule has 0 bridgehead atoms. The van der Waals surface area contributed by atoms with Crippen molar-refractivity contribution in [3.8, 4) is 11.4 Å². The van der Waals surface area contributed by atoms with Gasteiger partial charge < -0.3 is 10.6 Å². The van der Waals surface area contributed by atoms with Crippen LogP contribution in [0, 0.1) is 0 Å². The van der Waals surface area contributed by atoms with Crippen LogP contribution in [-0.4, -0.2) is 47.9 Å². The van der Waals surface area contributed by atoms with Crippen LogP contribution >= 0.6 is 15.9 Å². The first-order valence-corrected chi connectivity index (χ1v) is 10.2. The summed E-state index contributed by atoms with van der Waals surface area (Å²) in [6, 6.07) is 5.32. The zero-order valence-electron chi connectivity index (χ0n) is 16.3. The molecule has 3 aromatic heterocycles. The highest BCUT2D eigenvalue weighted by Crippen LogP contribution is 2.28. The van der Waals surface area contributed by atoms with E-state index in [2.05, 4.69) is 36.8 Å². The maximum atomic E-state index is 12.3. The number of carbonyl (C=O) groups is 1. The van der Waals surface area contributed by atoms with Crippen LogP contribution in [0.25, 0.3) is 27.9 Å². The van der Waals surface area contributed by atoms with Gasteiger partial charge in [-0.2, -0.15) is 9.61 Å². The average Bonchev–Trinajstić information content (AvgIpc) is 3.33. The monoisotopic (exact) mass is 456 g/mol. The maximum Gasteiger partial charge on any atom is 0.242 e. The minimum absolute atomic E-state index is 0.0957. The number of nitrogens with zero attached hydrogens (tertiary/aromatic N) is 6. The van der Waals surface area contributed by atoms with Gasteiger partial charge in [0.15, 0.2) is 11.5 Å². The van der Waals surface area contributed by atoms with E-state index in [1.54, 1.807) is 22.3 Å². The summed E-state index contributed by atoms with van der Waals surface area (Å²) in [7, 11) is 1.84. The topological polar surface area (TPSA) is 102 Å². The summed E-state index contributed by atoms with van der Waals surface area (Å²) in [5, 5.41) is 15.8. The lowest BCUT2D eigenvalue weighted by Gasteiger charge is -2.15. The molecule has 10 heteroatoms. The van der Waals surface area contributed by atoms with Gasteiger partial charge in [-0.1, -0.05) is 13.0 Å². The SMILES string of the molecule is CCCNC(=O)[C@@H](C)Nc1nc2c(Br)cccc2c2nc(-c3cnn(C)c3)nn12. The number of aryl methyl sites for hydroxylation is 1. The van der Waals surface area contributed by atoms with Gasteiger partial charge in [-0.05, 0) is 41.4 Å². The quantitative estimate of drug-likeness (QED) is 0.462. The molecule has 2 N–H and O–H groups in total. The average molecular weight is 457 g/mol. The van der Waals surface area contributed by atoms with E-state index in [1.807, 2.05) is 38.4 Å². The number of rotatable bonds is 6. The predicted octanol–water partition coefficient (Wildman–Crippen LogP) is 2.77. The molecule has 1 amide bonds. The fraction of sp³-hybridized carbons (Fsp3) is 0.316. The molecule has 0 unspecified atom stereocenters. The lowest BCUT2D eigenvalue weighted by molar-refractivity contribution is -0.121. The van der Waals surface area contributed by atoms with Gasteiger partial charge in [-0.3, -0.25) is 9.48 Å². The van der Waals surface area contributed by atoms with Gasteiger partial charge in [0.25, 0.3) is 0 Å². The Kier molecular flexibility index (Phi) is 5.18. The van der Waals surface area contributed by atoms with E-state index in [4.69, 9.17) is 9.97 Å². The minimum Gasteiger partial charge on any atom is -0.354 e. The molecule has 0 saturated carbocycles. The van der Waals surface area contributed by atoms with Crippen LogP contribution in [0.15, 0.2) is 35.1 Å². The van der Waals surface area contributed by atoms with Crippen LogP contribution in [0.1, 0.15) is 20.3 Å². The molecule has 0 spiro atoms. The second kappa shape index (κ2) is 7.78. The Morgan fingerprint density at radius 1 is 1.31 bits per heavy atom. The Bertz CT molecular complexity index is 1200. The van der Waals surface area contributed by atoms with E-state index in [1.165, 1.54) is 0 Å². The summed E-state index contributed by atoms with van der Waals surface area (Å²) in [5.41, 5.74) is 2.20. The zero-order valence-corrected chi connectivity index (χ0v) is 17.9. The number of amides is 1. The molecule has 9 nitrogen and oxygen atoms in total. The maximum absolute atomic E-state index is 12.3. The Labute approximate surface area is 175 Å². The van der Waals surface area contributed by atoms with E-state index >= 15 is 0 Å². The largest absolute Gasteiger partial charge is 0.354 e. The lowest BCUT2D eigenvalue weighted by Crippen LogP contribution is -2.38. The van der Waals surface area contributed by atoms with Crippen molar-refractivity contribution in [2.45, 2.75) is 26.3 Å². The van der Waals surface area contributed by atoms with Gasteiger partial charge >= 0.3 is 0 Å². The van der Waals surface area contributed by atoms with E-state index < -0.39 is 6.04 Å². The molecule has 3 heterocycles. The van der Waals surface area contributed by atoms with Crippen molar-refractivity contribution in [3.63, 3.8) is 0 Å². The van der Waals surface area contributed by atoms with Crippen LogP contribution in [0.4, 0.5) is 5.95 Å². The Hall–Kier alpha value is -3.01. The highest BCUT2D eigenvalue weighted by Gasteiger charge is 2.19. The van der Waals surface area contributed by atoms with Crippen molar-refractivity contribution in [2.24, 2.45) is 7.05 Å². The fourth-order valence-corrected chi connectivity index (χ4v) is 3.46. The molecule has 29 heavy (non-hydrogen) atoms. The van der Waals surface area contributed by atoms with Crippen molar-refractivity contribution in [1.29, 1.82) is 0 Å². The summed E-state index contributed by atoms with van der Waals surface area (Å²) in [4.78, 5) is 21.8. The van der Waals surface area contributed by atoms with Crippen LogP contribution in [0.5, 0.6) is 0 Å². The third kappa shape index (κ3) is 3.67. The number of benzene rings is 1. The molecule has 1 atom stereocenters. The van der Waals surface area contributed by atoms with Gasteiger partial charge in [0.05, 0.1) is 17.3 Å². The zero-order chi connectivity index (χ0) is 20.5. The molecule has 150 valence electrons. The van der Waals surface area contributed by atoms with Crippen molar-refractivity contribution in [3.05, 3.63) is 35.1 Å². The number of anilines is 1.